The SMILES string of the molecule is CSc1ccc(OCC(C)CO)cc1. The van der Waals surface area contributed by atoms with Gasteiger partial charge in [0.25, 0.3) is 0 Å². The topological polar surface area (TPSA) is 29.5 Å². The number of benzene rings is 1. The summed E-state index contributed by atoms with van der Waals surface area (Å²) >= 11 is 1.71. The van der Waals surface area contributed by atoms with Gasteiger partial charge in [-0.25, -0.2) is 0 Å². The molecule has 0 amide bonds. The van der Waals surface area contributed by atoms with Crippen LogP contribution >= 0.6 is 11.8 Å². The Balaban J connectivity index is 2.43. The van der Waals surface area contributed by atoms with Crippen LogP contribution in [0, 0.1) is 5.92 Å². The summed E-state index contributed by atoms with van der Waals surface area (Å²) in [6, 6.07) is 7.97. The molecule has 1 aromatic carbocycles. The molecule has 0 aliphatic carbocycles. The number of rotatable bonds is 5. The lowest BCUT2D eigenvalue weighted by Crippen LogP contribution is -2.11. The molecule has 1 rings (SSSR count). The largest absolute Gasteiger partial charge is 0.493 e. The Hall–Kier alpha value is -0.670. The Kier molecular flexibility index (Phi) is 4.84. The number of ether oxygens (including phenoxy) is 1. The van der Waals surface area contributed by atoms with E-state index in [2.05, 4.69) is 0 Å². The highest BCUT2D eigenvalue weighted by Crippen LogP contribution is 2.19. The summed E-state index contributed by atoms with van der Waals surface area (Å²) in [7, 11) is 0. The van der Waals surface area contributed by atoms with Gasteiger partial charge < -0.3 is 9.84 Å². The minimum Gasteiger partial charge on any atom is -0.493 e. The lowest BCUT2D eigenvalue weighted by Gasteiger charge is -2.10. The van der Waals surface area contributed by atoms with E-state index in [1.165, 1.54) is 4.90 Å². The van der Waals surface area contributed by atoms with Gasteiger partial charge in [-0.2, -0.15) is 0 Å². The van der Waals surface area contributed by atoms with Crippen LogP contribution in [-0.2, 0) is 0 Å². The summed E-state index contributed by atoms with van der Waals surface area (Å²) in [5.41, 5.74) is 0. The van der Waals surface area contributed by atoms with Crippen molar-refractivity contribution in [3.8, 4) is 5.75 Å². The van der Waals surface area contributed by atoms with Crippen molar-refractivity contribution in [2.45, 2.75) is 11.8 Å². The molecule has 0 fully saturated rings. The van der Waals surface area contributed by atoms with E-state index >= 15 is 0 Å². The minimum absolute atomic E-state index is 0.170. The number of hydrogen-bond donors (Lipinski definition) is 1. The molecule has 0 bridgehead atoms. The molecule has 1 aromatic rings. The van der Waals surface area contributed by atoms with Gasteiger partial charge in [0.1, 0.15) is 5.75 Å². The average Bonchev–Trinajstić information content (AvgIpc) is 2.26. The van der Waals surface area contributed by atoms with Crippen LogP contribution in [-0.4, -0.2) is 24.6 Å². The molecule has 1 N–H and O–H groups in total. The Bertz CT molecular complexity index is 258. The number of aliphatic hydroxyl groups is 1. The van der Waals surface area contributed by atoms with Gasteiger partial charge in [-0.3, -0.25) is 0 Å². The second-order valence-corrected chi connectivity index (χ2v) is 4.15. The molecule has 0 aliphatic heterocycles. The van der Waals surface area contributed by atoms with Crippen molar-refractivity contribution in [1.29, 1.82) is 0 Å². The first kappa shape index (κ1) is 11.4. The standard InChI is InChI=1S/C11H16O2S/c1-9(7-12)8-13-10-3-5-11(14-2)6-4-10/h3-6,9,12H,7-8H2,1-2H3. The molecule has 0 aliphatic rings. The molecule has 0 heterocycles. The lowest BCUT2D eigenvalue weighted by atomic mass is 10.2. The molecule has 0 saturated heterocycles. The molecular weight excluding hydrogens is 196 g/mol. The monoisotopic (exact) mass is 212 g/mol. The van der Waals surface area contributed by atoms with Gasteiger partial charge in [0, 0.05) is 17.4 Å². The van der Waals surface area contributed by atoms with Gasteiger partial charge in [-0.1, -0.05) is 6.92 Å². The molecule has 0 saturated carbocycles. The fraction of sp³-hybridized carbons (Fsp3) is 0.455. The van der Waals surface area contributed by atoms with Gasteiger partial charge in [-0.05, 0) is 30.5 Å². The van der Waals surface area contributed by atoms with Gasteiger partial charge >= 0.3 is 0 Å². The molecule has 0 spiro atoms. The van der Waals surface area contributed by atoms with E-state index < -0.39 is 0 Å². The third-order valence-corrected chi connectivity index (χ3v) is 2.65. The van der Waals surface area contributed by atoms with Crippen molar-refractivity contribution in [3.63, 3.8) is 0 Å². The highest BCUT2D eigenvalue weighted by Gasteiger charge is 2.00. The van der Waals surface area contributed by atoms with Crippen LogP contribution < -0.4 is 4.74 Å². The van der Waals surface area contributed by atoms with E-state index in [4.69, 9.17) is 9.84 Å². The summed E-state index contributed by atoms with van der Waals surface area (Å²) in [5.74, 6) is 1.05. The van der Waals surface area contributed by atoms with Crippen molar-refractivity contribution in [2.24, 2.45) is 5.92 Å². The maximum absolute atomic E-state index is 8.81. The zero-order chi connectivity index (χ0) is 10.4. The van der Waals surface area contributed by atoms with Crippen molar-refractivity contribution < 1.29 is 9.84 Å². The third kappa shape index (κ3) is 3.60. The van der Waals surface area contributed by atoms with E-state index in [-0.39, 0.29) is 12.5 Å². The van der Waals surface area contributed by atoms with E-state index in [9.17, 15) is 0 Å². The molecule has 14 heavy (non-hydrogen) atoms. The van der Waals surface area contributed by atoms with Gasteiger partial charge in [0.15, 0.2) is 0 Å². The molecular formula is C11H16O2S. The summed E-state index contributed by atoms with van der Waals surface area (Å²) < 4.78 is 5.49. The van der Waals surface area contributed by atoms with Gasteiger partial charge in [0.05, 0.1) is 6.61 Å². The smallest absolute Gasteiger partial charge is 0.119 e. The van der Waals surface area contributed by atoms with Crippen LogP contribution in [0.15, 0.2) is 29.2 Å². The zero-order valence-electron chi connectivity index (χ0n) is 8.56. The van der Waals surface area contributed by atoms with E-state index in [0.29, 0.717) is 6.61 Å². The molecule has 1 atom stereocenters. The Morgan fingerprint density at radius 2 is 2.00 bits per heavy atom. The van der Waals surface area contributed by atoms with E-state index in [1.54, 1.807) is 11.8 Å². The van der Waals surface area contributed by atoms with Crippen LogP contribution in [0.5, 0.6) is 5.75 Å². The van der Waals surface area contributed by atoms with Crippen LogP contribution in [0.4, 0.5) is 0 Å². The molecule has 3 heteroatoms. The van der Waals surface area contributed by atoms with Gasteiger partial charge in [-0.15, -0.1) is 11.8 Å². The first-order chi connectivity index (χ1) is 6.76. The quantitative estimate of drug-likeness (QED) is 0.760. The van der Waals surface area contributed by atoms with Crippen LogP contribution in [0.1, 0.15) is 6.92 Å². The number of aliphatic hydroxyl groups excluding tert-OH is 1. The summed E-state index contributed by atoms with van der Waals surface area (Å²) in [5, 5.41) is 8.81. The van der Waals surface area contributed by atoms with Crippen molar-refractivity contribution in [3.05, 3.63) is 24.3 Å². The number of thioether (sulfide) groups is 1. The highest BCUT2D eigenvalue weighted by atomic mass is 32.2. The minimum atomic E-state index is 0.170. The first-order valence-corrected chi connectivity index (χ1v) is 5.86. The normalized spacial score (nSPS) is 12.5. The maximum Gasteiger partial charge on any atom is 0.119 e. The molecule has 1 unspecified atom stereocenters. The molecule has 0 radical (unpaired) electrons. The van der Waals surface area contributed by atoms with Crippen molar-refractivity contribution >= 4 is 11.8 Å². The predicted octanol–water partition coefficient (Wildman–Crippen LogP) is 2.42. The lowest BCUT2D eigenvalue weighted by molar-refractivity contribution is 0.174. The molecule has 0 aromatic heterocycles. The summed E-state index contributed by atoms with van der Waals surface area (Å²) in [6.07, 6.45) is 2.05. The van der Waals surface area contributed by atoms with Crippen molar-refractivity contribution in [1.82, 2.24) is 0 Å². The Labute approximate surface area is 89.3 Å². The molecule has 78 valence electrons. The van der Waals surface area contributed by atoms with Crippen LogP contribution in [0.2, 0.25) is 0 Å². The number of hydrogen-bond acceptors (Lipinski definition) is 3. The van der Waals surface area contributed by atoms with Gasteiger partial charge in [0.2, 0.25) is 0 Å². The summed E-state index contributed by atoms with van der Waals surface area (Å²) in [6.45, 7) is 2.69. The van der Waals surface area contributed by atoms with E-state index in [0.717, 1.165) is 5.75 Å². The van der Waals surface area contributed by atoms with Crippen LogP contribution in [0.25, 0.3) is 0 Å². The fourth-order valence-corrected chi connectivity index (χ4v) is 1.37. The third-order valence-electron chi connectivity index (χ3n) is 1.91. The van der Waals surface area contributed by atoms with Crippen LogP contribution in [0.3, 0.4) is 0 Å². The first-order valence-electron chi connectivity index (χ1n) is 4.64. The zero-order valence-corrected chi connectivity index (χ0v) is 9.38. The molecule has 2 nitrogen and oxygen atoms in total. The van der Waals surface area contributed by atoms with Crippen molar-refractivity contribution in [2.75, 3.05) is 19.5 Å². The highest BCUT2D eigenvalue weighted by molar-refractivity contribution is 7.98. The Morgan fingerprint density at radius 3 is 2.50 bits per heavy atom. The second-order valence-electron chi connectivity index (χ2n) is 3.27. The maximum atomic E-state index is 8.81. The average molecular weight is 212 g/mol. The predicted molar refractivity (Wildman–Crippen MR) is 60.0 cm³/mol. The second kappa shape index (κ2) is 5.94. The summed E-state index contributed by atoms with van der Waals surface area (Å²) in [4.78, 5) is 1.23. The van der Waals surface area contributed by atoms with E-state index in [1.807, 2.05) is 37.4 Å². The fourth-order valence-electron chi connectivity index (χ4n) is 0.963. The Morgan fingerprint density at radius 1 is 1.36 bits per heavy atom.